The minimum atomic E-state index is -1.69. The summed E-state index contributed by atoms with van der Waals surface area (Å²) in [5.74, 6) is -0.679. The number of aliphatic hydroxyl groups is 5. The molecule has 0 radical (unpaired) electrons. The van der Waals surface area contributed by atoms with E-state index in [-0.39, 0.29) is 51.7 Å². The van der Waals surface area contributed by atoms with Gasteiger partial charge in [-0.1, -0.05) is 45.4 Å². The molecule has 6 aliphatic rings. The molecule has 3 saturated carbocycles. The van der Waals surface area contributed by atoms with Gasteiger partial charge in [-0.2, -0.15) is 0 Å². The summed E-state index contributed by atoms with van der Waals surface area (Å²) < 4.78 is 10.9. The Morgan fingerprint density at radius 2 is 1.61 bits per heavy atom. The number of ketones is 1. The highest BCUT2D eigenvalue weighted by atomic mass is 16.6. The number of allylic oxidation sites excluding steroid dienone is 7. The van der Waals surface area contributed by atoms with Gasteiger partial charge in [0, 0.05) is 11.0 Å². The van der Waals surface area contributed by atoms with Crippen LogP contribution in [0.15, 0.2) is 46.3 Å². The number of hydrogen-bond acceptors (Lipinski definition) is 9. The fourth-order valence-electron chi connectivity index (χ4n) is 10.0. The zero-order chi connectivity index (χ0) is 32.2. The number of rotatable bonds is 3. The molecular weight excluding hydrogens is 564 g/mol. The molecule has 4 fully saturated rings. The molecule has 0 aromatic heterocycles. The van der Waals surface area contributed by atoms with Crippen molar-refractivity contribution in [2.45, 2.75) is 117 Å². The van der Waals surface area contributed by atoms with Gasteiger partial charge in [-0.3, -0.25) is 9.59 Å². The number of carbonyl (C=O) groups is 2. The molecule has 1 aliphatic heterocycles. The molecule has 242 valence electrons. The summed E-state index contributed by atoms with van der Waals surface area (Å²) in [5, 5.41) is 50.5. The molecule has 0 bridgehead atoms. The van der Waals surface area contributed by atoms with Gasteiger partial charge in [-0.05, 0) is 98.2 Å². The predicted octanol–water partition coefficient (Wildman–Crippen LogP) is 3.96. The van der Waals surface area contributed by atoms with E-state index in [4.69, 9.17) is 9.47 Å². The summed E-state index contributed by atoms with van der Waals surface area (Å²) in [6.07, 6.45) is 4.36. The van der Waals surface area contributed by atoms with E-state index in [1.807, 2.05) is 13.8 Å². The van der Waals surface area contributed by atoms with Gasteiger partial charge in [0.05, 0.1) is 5.41 Å². The molecule has 9 heteroatoms. The largest absolute Gasteiger partial charge is 0.504 e. The summed E-state index contributed by atoms with van der Waals surface area (Å²) in [4.78, 5) is 26.5. The van der Waals surface area contributed by atoms with E-state index in [2.05, 4.69) is 39.8 Å². The standard InChI is InChI=1S/C35H48O9/c1-18-19-7-8-23-33(4,20(19)15-21(36)25(18)37)12-14-35(6)24-16-32(3,10-9-31(24,2)11-13-34(23,35)5)30(42)43-17-22-26(38)27(39)28(40)29(41)44-22/h7-8,15,22,24,26-29,37-41H,9-14,16-17H2,1-6H3/t22?,24-,26-,27+,28-,29-,31-,32-,33+,34-,35+/m1/s1. The zero-order valence-electron chi connectivity index (χ0n) is 26.7. The highest BCUT2D eigenvalue weighted by Gasteiger charge is 2.67. The zero-order valence-corrected chi connectivity index (χ0v) is 26.7. The molecular formula is C35H48O9. The quantitative estimate of drug-likeness (QED) is 0.298. The maximum absolute atomic E-state index is 13.7. The Balaban J connectivity index is 1.28. The Morgan fingerprint density at radius 3 is 2.32 bits per heavy atom. The normalized spacial score (nSPS) is 48.6. The maximum atomic E-state index is 13.7. The highest BCUT2D eigenvalue weighted by molar-refractivity contribution is 6.06. The van der Waals surface area contributed by atoms with Crippen LogP contribution in [0.25, 0.3) is 0 Å². The second kappa shape index (κ2) is 10.1. The molecule has 0 aromatic rings. The Hall–Kier alpha value is -2.30. The van der Waals surface area contributed by atoms with Crippen LogP contribution in [0.1, 0.15) is 86.5 Å². The lowest BCUT2D eigenvalue weighted by molar-refractivity contribution is -0.288. The number of hydrogen-bond donors (Lipinski definition) is 5. The van der Waals surface area contributed by atoms with Crippen LogP contribution in [-0.4, -0.2) is 74.6 Å². The lowest BCUT2D eigenvalue weighted by Crippen LogP contribution is -2.62. The van der Waals surface area contributed by atoms with Crippen molar-refractivity contribution < 1.29 is 44.6 Å². The first kappa shape index (κ1) is 31.7. The molecule has 9 nitrogen and oxygen atoms in total. The van der Waals surface area contributed by atoms with E-state index in [9.17, 15) is 35.1 Å². The van der Waals surface area contributed by atoms with Crippen molar-refractivity contribution >= 4 is 11.8 Å². The van der Waals surface area contributed by atoms with E-state index in [0.29, 0.717) is 18.4 Å². The van der Waals surface area contributed by atoms with E-state index >= 15 is 0 Å². The Morgan fingerprint density at radius 1 is 0.932 bits per heavy atom. The summed E-state index contributed by atoms with van der Waals surface area (Å²) in [6, 6.07) is 0. The molecule has 1 heterocycles. The second-order valence-corrected chi connectivity index (χ2v) is 15.7. The first-order chi connectivity index (χ1) is 20.4. The van der Waals surface area contributed by atoms with Crippen LogP contribution >= 0.6 is 0 Å². The summed E-state index contributed by atoms with van der Waals surface area (Å²) >= 11 is 0. The van der Waals surface area contributed by atoms with Crippen molar-refractivity contribution in [1.82, 2.24) is 0 Å². The molecule has 1 saturated heterocycles. The van der Waals surface area contributed by atoms with Crippen LogP contribution < -0.4 is 0 Å². The lowest BCUT2D eigenvalue weighted by Gasteiger charge is -2.70. The van der Waals surface area contributed by atoms with Gasteiger partial charge >= 0.3 is 5.97 Å². The lowest BCUT2D eigenvalue weighted by atomic mass is 9.34. The molecule has 6 rings (SSSR count). The second-order valence-electron chi connectivity index (χ2n) is 15.7. The molecule has 0 amide bonds. The van der Waals surface area contributed by atoms with Crippen LogP contribution in [0, 0.1) is 33.0 Å². The van der Waals surface area contributed by atoms with Gasteiger partial charge in [-0.25, -0.2) is 0 Å². The average Bonchev–Trinajstić information content (AvgIpc) is 2.98. The van der Waals surface area contributed by atoms with Crippen molar-refractivity contribution in [2.75, 3.05) is 6.61 Å². The van der Waals surface area contributed by atoms with E-state index in [1.165, 1.54) is 5.57 Å². The van der Waals surface area contributed by atoms with Crippen LogP contribution in [0.4, 0.5) is 0 Å². The average molecular weight is 613 g/mol. The molecule has 1 unspecified atom stereocenters. The minimum absolute atomic E-state index is 0.0518. The summed E-state index contributed by atoms with van der Waals surface area (Å²) in [6.45, 7) is 12.8. The van der Waals surface area contributed by atoms with Gasteiger partial charge in [-0.15, -0.1) is 0 Å². The van der Waals surface area contributed by atoms with E-state index in [0.717, 1.165) is 43.3 Å². The van der Waals surface area contributed by atoms with Crippen LogP contribution in [-0.2, 0) is 19.1 Å². The summed E-state index contributed by atoms with van der Waals surface area (Å²) in [5.41, 5.74) is 2.55. The van der Waals surface area contributed by atoms with Gasteiger partial charge in [0.2, 0.25) is 5.78 Å². The maximum Gasteiger partial charge on any atom is 0.311 e. The molecule has 0 spiro atoms. The predicted molar refractivity (Wildman–Crippen MR) is 161 cm³/mol. The topological polar surface area (TPSA) is 154 Å². The van der Waals surface area contributed by atoms with Crippen molar-refractivity contribution in [3.8, 4) is 0 Å². The molecule has 11 atom stereocenters. The van der Waals surface area contributed by atoms with Crippen molar-refractivity contribution in [3.05, 3.63) is 46.3 Å². The number of aliphatic hydroxyl groups excluding tert-OH is 5. The first-order valence-electron chi connectivity index (χ1n) is 16.1. The number of ether oxygens (including phenoxy) is 2. The van der Waals surface area contributed by atoms with Crippen LogP contribution in [0.3, 0.4) is 0 Å². The third-order valence-electron chi connectivity index (χ3n) is 13.4. The van der Waals surface area contributed by atoms with Crippen LogP contribution in [0.2, 0.25) is 0 Å². The smallest absolute Gasteiger partial charge is 0.311 e. The minimum Gasteiger partial charge on any atom is -0.504 e. The number of esters is 1. The van der Waals surface area contributed by atoms with Crippen molar-refractivity contribution in [2.24, 2.45) is 33.0 Å². The fourth-order valence-corrected chi connectivity index (χ4v) is 10.0. The third-order valence-corrected chi connectivity index (χ3v) is 13.4. The molecule has 44 heavy (non-hydrogen) atoms. The van der Waals surface area contributed by atoms with Gasteiger partial charge in [0.25, 0.3) is 0 Å². The van der Waals surface area contributed by atoms with E-state index in [1.54, 1.807) is 6.08 Å². The molecule has 0 aromatic carbocycles. The molecule has 5 aliphatic carbocycles. The SMILES string of the molecule is CC1=C(O)C(=O)C=C2C1=CC=C1[C@@]2(C)CC[C@@]2(C)[C@@H]3C[C@](C)(C(=O)OCC4O[C@@H](O)[C@H](O)[C@@H](O)[C@@H]4O)CC[C@]3(C)CC[C@]12C. The summed E-state index contributed by atoms with van der Waals surface area (Å²) in [7, 11) is 0. The van der Waals surface area contributed by atoms with Crippen molar-refractivity contribution in [3.63, 3.8) is 0 Å². The first-order valence-corrected chi connectivity index (χ1v) is 16.1. The fraction of sp³-hybridized carbons (Fsp3) is 0.714. The highest BCUT2D eigenvalue weighted by Crippen LogP contribution is 2.75. The monoisotopic (exact) mass is 612 g/mol. The third kappa shape index (κ3) is 4.22. The number of fused-ring (bicyclic) bond motifs is 7. The van der Waals surface area contributed by atoms with Crippen LogP contribution in [0.5, 0.6) is 0 Å². The van der Waals surface area contributed by atoms with Gasteiger partial charge in [0.1, 0.15) is 31.0 Å². The van der Waals surface area contributed by atoms with Gasteiger partial charge < -0.3 is 35.0 Å². The molecule has 5 N–H and O–H groups in total. The van der Waals surface area contributed by atoms with Gasteiger partial charge in [0.15, 0.2) is 12.0 Å². The Kier molecular flexibility index (Phi) is 7.27. The Labute approximate surface area is 259 Å². The van der Waals surface area contributed by atoms with E-state index < -0.39 is 36.1 Å². The number of carbonyl (C=O) groups excluding carboxylic acids is 2. The Bertz CT molecular complexity index is 1410. The van der Waals surface area contributed by atoms with Crippen molar-refractivity contribution in [1.29, 1.82) is 0 Å².